The van der Waals surface area contributed by atoms with Crippen LogP contribution >= 0.6 is 11.6 Å². The van der Waals surface area contributed by atoms with Crippen molar-refractivity contribution in [2.45, 2.75) is 39.2 Å². The number of anilines is 1. The number of benzene rings is 2. The number of halogens is 2. The number of aldehydes is 1. The van der Waals surface area contributed by atoms with Gasteiger partial charge in [0.25, 0.3) is 0 Å². The number of pyridine rings is 1. The highest BCUT2D eigenvalue weighted by molar-refractivity contribution is 6.31. The van der Waals surface area contributed by atoms with Crippen molar-refractivity contribution < 1.29 is 18.8 Å². The molecular formula is C24H25ClFN3O3. The van der Waals surface area contributed by atoms with Gasteiger partial charge in [-0.3, -0.25) is 20.1 Å². The van der Waals surface area contributed by atoms with Crippen molar-refractivity contribution in [2.75, 3.05) is 12.5 Å². The molecule has 6 nitrogen and oxygen atoms in total. The van der Waals surface area contributed by atoms with Crippen LogP contribution in [0, 0.1) is 19.7 Å². The van der Waals surface area contributed by atoms with Crippen molar-refractivity contribution in [3.63, 3.8) is 0 Å². The maximum Gasteiger partial charge on any atom is 0.227 e. The van der Waals surface area contributed by atoms with Crippen LogP contribution in [0.1, 0.15) is 41.1 Å². The summed E-state index contributed by atoms with van der Waals surface area (Å²) in [5.41, 5.74) is 6.74. The highest BCUT2D eigenvalue weighted by Crippen LogP contribution is 2.29. The van der Waals surface area contributed by atoms with Gasteiger partial charge < -0.3 is 10.1 Å². The van der Waals surface area contributed by atoms with Crippen LogP contribution in [0.4, 0.5) is 10.1 Å². The fraction of sp³-hybridized carbons (Fsp3) is 0.292. The number of nitrogens with one attached hydrogen (secondary N) is 2. The second-order valence-corrected chi connectivity index (χ2v) is 7.98. The lowest BCUT2D eigenvalue weighted by atomic mass is 9.91. The first-order chi connectivity index (χ1) is 15.3. The zero-order valence-corrected chi connectivity index (χ0v) is 18.9. The molecule has 0 aliphatic heterocycles. The molecule has 2 aromatic carbocycles. The summed E-state index contributed by atoms with van der Waals surface area (Å²) >= 11 is 6.11. The second-order valence-electron chi connectivity index (χ2n) is 7.57. The molecule has 3 aromatic rings. The number of likely N-dealkylation sites (N-methyl/N-ethyl adjacent to an activating group) is 1. The molecule has 1 heterocycles. The molecule has 32 heavy (non-hydrogen) atoms. The van der Waals surface area contributed by atoms with Crippen molar-refractivity contribution >= 4 is 40.4 Å². The molecule has 2 N–H and O–H groups in total. The SMILES string of the molecule is CNC(=O)C(CCC=O)c1cc2c(F)cc(CONc3ccc(C)c(Cl)c3)cc2nc1C. The maximum absolute atomic E-state index is 14.9. The van der Waals surface area contributed by atoms with Gasteiger partial charge >= 0.3 is 0 Å². The number of rotatable bonds is 9. The Morgan fingerprint density at radius 3 is 2.72 bits per heavy atom. The summed E-state index contributed by atoms with van der Waals surface area (Å²) in [4.78, 5) is 33.2. The van der Waals surface area contributed by atoms with Gasteiger partial charge in [0.2, 0.25) is 5.91 Å². The Bertz CT molecular complexity index is 1150. The lowest BCUT2D eigenvalue weighted by molar-refractivity contribution is -0.122. The van der Waals surface area contributed by atoms with Crippen LogP contribution in [0.3, 0.4) is 0 Å². The van der Waals surface area contributed by atoms with Crippen molar-refractivity contribution in [3.05, 3.63) is 69.6 Å². The third-order valence-corrected chi connectivity index (χ3v) is 5.69. The van der Waals surface area contributed by atoms with Gasteiger partial charge in [0.1, 0.15) is 12.1 Å². The Hall–Kier alpha value is -3.03. The number of fused-ring (bicyclic) bond motifs is 1. The Labute approximate surface area is 191 Å². The number of amides is 1. The van der Waals surface area contributed by atoms with E-state index in [1.54, 1.807) is 25.1 Å². The van der Waals surface area contributed by atoms with Crippen molar-refractivity contribution in [1.82, 2.24) is 10.3 Å². The molecule has 0 radical (unpaired) electrons. The lowest BCUT2D eigenvalue weighted by Gasteiger charge is -2.18. The molecule has 3 rings (SSSR count). The van der Waals surface area contributed by atoms with Gasteiger partial charge in [-0.1, -0.05) is 17.7 Å². The number of carbonyl (C=O) groups excluding carboxylic acids is 2. The molecule has 168 valence electrons. The summed E-state index contributed by atoms with van der Waals surface area (Å²) in [5.74, 6) is -1.27. The summed E-state index contributed by atoms with van der Waals surface area (Å²) in [6, 6.07) is 10.2. The molecule has 0 bridgehead atoms. The van der Waals surface area contributed by atoms with Gasteiger partial charge in [0.05, 0.1) is 23.7 Å². The summed E-state index contributed by atoms with van der Waals surface area (Å²) < 4.78 is 14.9. The molecule has 1 amide bonds. The monoisotopic (exact) mass is 457 g/mol. The second kappa shape index (κ2) is 10.5. The quantitative estimate of drug-likeness (QED) is 0.349. The van der Waals surface area contributed by atoms with Gasteiger partial charge in [0.15, 0.2) is 0 Å². The molecular weight excluding hydrogens is 433 g/mol. The third-order valence-electron chi connectivity index (χ3n) is 5.29. The summed E-state index contributed by atoms with van der Waals surface area (Å²) in [6.07, 6.45) is 1.33. The van der Waals surface area contributed by atoms with E-state index in [-0.39, 0.29) is 18.9 Å². The van der Waals surface area contributed by atoms with E-state index in [2.05, 4.69) is 15.8 Å². The molecule has 1 atom stereocenters. The Balaban J connectivity index is 1.83. The van der Waals surface area contributed by atoms with E-state index in [1.165, 1.54) is 13.1 Å². The smallest absolute Gasteiger partial charge is 0.227 e. The number of hydrogen-bond acceptors (Lipinski definition) is 5. The third kappa shape index (κ3) is 5.41. The first-order valence-electron chi connectivity index (χ1n) is 10.2. The van der Waals surface area contributed by atoms with Crippen molar-refractivity contribution in [1.29, 1.82) is 0 Å². The van der Waals surface area contributed by atoms with Crippen molar-refractivity contribution in [2.24, 2.45) is 0 Å². The minimum absolute atomic E-state index is 0.112. The van der Waals surface area contributed by atoms with E-state index < -0.39 is 11.7 Å². The standard InChI is InChI=1S/C24H25ClFN3O3/c1-14-6-7-17(11-21(14)25)29-32-13-16-9-22(26)20-12-19(15(2)28-23(20)10-16)18(5-4-8-30)24(31)27-3/h6-12,18,29H,4-5,13H2,1-3H3,(H,27,31). The number of nitrogens with zero attached hydrogens (tertiary/aromatic N) is 1. The number of hydrogen-bond donors (Lipinski definition) is 2. The predicted molar refractivity (Wildman–Crippen MR) is 123 cm³/mol. The number of aryl methyl sites for hydroxylation is 2. The molecule has 0 saturated carbocycles. The molecule has 0 aliphatic rings. The zero-order valence-electron chi connectivity index (χ0n) is 18.2. The first-order valence-corrected chi connectivity index (χ1v) is 10.6. The fourth-order valence-electron chi connectivity index (χ4n) is 3.53. The summed E-state index contributed by atoms with van der Waals surface area (Å²) in [6.45, 7) is 3.79. The first kappa shape index (κ1) is 23.6. The molecule has 0 aliphatic carbocycles. The van der Waals surface area contributed by atoms with E-state index in [4.69, 9.17) is 16.4 Å². The fourth-order valence-corrected chi connectivity index (χ4v) is 3.71. The zero-order chi connectivity index (χ0) is 23.3. The summed E-state index contributed by atoms with van der Waals surface area (Å²) in [7, 11) is 1.53. The topological polar surface area (TPSA) is 80.3 Å². The van der Waals surface area contributed by atoms with Crippen LogP contribution in [0.5, 0.6) is 0 Å². The Morgan fingerprint density at radius 1 is 1.25 bits per heavy atom. The summed E-state index contributed by atoms with van der Waals surface area (Å²) in [5, 5.41) is 3.54. The highest BCUT2D eigenvalue weighted by atomic mass is 35.5. The van der Waals surface area contributed by atoms with E-state index in [1.807, 2.05) is 19.1 Å². The molecule has 0 spiro atoms. The van der Waals surface area contributed by atoms with Gasteiger partial charge in [-0.05, 0) is 67.3 Å². The van der Waals surface area contributed by atoms with E-state index in [0.717, 1.165) is 11.8 Å². The van der Waals surface area contributed by atoms with Crippen LogP contribution in [0.2, 0.25) is 5.02 Å². The number of aromatic nitrogens is 1. The van der Waals surface area contributed by atoms with Crippen LogP contribution in [0.15, 0.2) is 36.4 Å². The van der Waals surface area contributed by atoms with Crippen molar-refractivity contribution in [3.8, 4) is 0 Å². The molecule has 0 saturated heterocycles. The van der Waals surface area contributed by atoms with Crippen LogP contribution in [-0.2, 0) is 21.0 Å². The minimum atomic E-state index is -0.574. The Morgan fingerprint density at radius 2 is 2.03 bits per heavy atom. The van der Waals surface area contributed by atoms with Crippen LogP contribution in [-0.4, -0.2) is 24.2 Å². The molecule has 1 aromatic heterocycles. The van der Waals surface area contributed by atoms with Gasteiger partial charge in [-0.2, -0.15) is 0 Å². The average Bonchev–Trinajstić information content (AvgIpc) is 2.76. The Kier molecular flexibility index (Phi) is 7.77. The van der Waals surface area contributed by atoms with E-state index in [9.17, 15) is 14.0 Å². The predicted octanol–water partition coefficient (Wildman–Crippen LogP) is 5.00. The van der Waals surface area contributed by atoms with Gasteiger partial charge in [-0.25, -0.2) is 4.39 Å². The van der Waals surface area contributed by atoms with Crippen LogP contribution in [0.25, 0.3) is 10.9 Å². The van der Waals surface area contributed by atoms with E-state index in [0.29, 0.717) is 44.9 Å². The van der Waals surface area contributed by atoms with Crippen LogP contribution < -0.4 is 10.8 Å². The molecule has 1 unspecified atom stereocenters. The van der Waals surface area contributed by atoms with Gasteiger partial charge in [0, 0.05) is 29.6 Å². The molecule has 8 heteroatoms. The molecule has 0 fully saturated rings. The average molecular weight is 458 g/mol. The minimum Gasteiger partial charge on any atom is -0.359 e. The maximum atomic E-state index is 14.9. The lowest BCUT2D eigenvalue weighted by Crippen LogP contribution is -2.26. The van der Waals surface area contributed by atoms with E-state index >= 15 is 0 Å². The largest absolute Gasteiger partial charge is 0.359 e. The number of carbonyl (C=O) groups is 2. The highest BCUT2D eigenvalue weighted by Gasteiger charge is 2.23. The normalized spacial score (nSPS) is 11.9. The van der Waals surface area contributed by atoms with Gasteiger partial charge in [-0.15, -0.1) is 0 Å².